The van der Waals surface area contributed by atoms with Crippen molar-refractivity contribution in [3.63, 3.8) is 0 Å². The standard InChI is InChI=1S/C22H35NO/c1-17(9-6-7-16-23)10-8-11-18(2)12-13-20-19(3)21(24)14-15-22(20,4)5/h6-7,9,11-13,21,24H,8,10,14-16,23H2,1-5H3/b7-6+,13-12+,17-9+,18-11+. The lowest BCUT2D eigenvalue weighted by Crippen LogP contribution is -2.27. The van der Waals surface area contributed by atoms with Crippen LogP contribution in [0.25, 0.3) is 0 Å². The molecule has 1 atom stereocenters. The first-order valence-corrected chi connectivity index (χ1v) is 9.04. The van der Waals surface area contributed by atoms with Crippen LogP contribution >= 0.6 is 0 Å². The van der Waals surface area contributed by atoms with E-state index in [1.165, 1.54) is 16.7 Å². The molecule has 0 aromatic heterocycles. The third kappa shape index (κ3) is 6.62. The van der Waals surface area contributed by atoms with Crippen molar-refractivity contribution in [3.8, 4) is 0 Å². The SMILES string of the molecule is CC1=C(/C=C/C(C)=C/CC/C(C)=C/C=C/CN)C(C)(C)CCC1O. The molecule has 0 bridgehead atoms. The van der Waals surface area contributed by atoms with E-state index in [-0.39, 0.29) is 11.5 Å². The highest BCUT2D eigenvalue weighted by Crippen LogP contribution is 2.40. The van der Waals surface area contributed by atoms with Crippen molar-refractivity contribution in [2.45, 2.75) is 66.4 Å². The van der Waals surface area contributed by atoms with Gasteiger partial charge in [-0.05, 0) is 63.0 Å². The normalized spacial score (nSPS) is 22.9. The molecule has 0 fully saturated rings. The van der Waals surface area contributed by atoms with Gasteiger partial charge in [0.1, 0.15) is 0 Å². The Morgan fingerprint density at radius 2 is 2.04 bits per heavy atom. The Morgan fingerprint density at radius 3 is 2.71 bits per heavy atom. The molecule has 1 aliphatic rings. The third-order valence-corrected chi connectivity index (χ3v) is 4.87. The number of allylic oxidation sites excluding steroid dienone is 8. The predicted molar refractivity (Wildman–Crippen MR) is 106 cm³/mol. The van der Waals surface area contributed by atoms with Crippen LogP contribution in [0.3, 0.4) is 0 Å². The Kier molecular flexibility index (Phi) is 8.44. The zero-order valence-corrected chi connectivity index (χ0v) is 16.1. The van der Waals surface area contributed by atoms with Crippen LogP contribution in [0.4, 0.5) is 0 Å². The van der Waals surface area contributed by atoms with Crippen molar-refractivity contribution in [1.82, 2.24) is 0 Å². The number of hydrogen-bond acceptors (Lipinski definition) is 2. The Hall–Kier alpha value is -1.38. The second-order valence-electron chi connectivity index (χ2n) is 7.53. The van der Waals surface area contributed by atoms with E-state index in [2.05, 4.69) is 58.9 Å². The minimum atomic E-state index is -0.281. The molecular weight excluding hydrogens is 294 g/mol. The van der Waals surface area contributed by atoms with Gasteiger partial charge >= 0.3 is 0 Å². The van der Waals surface area contributed by atoms with Crippen molar-refractivity contribution >= 4 is 0 Å². The zero-order valence-electron chi connectivity index (χ0n) is 16.1. The average molecular weight is 330 g/mol. The van der Waals surface area contributed by atoms with E-state index >= 15 is 0 Å². The Bertz CT molecular complexity index is 559. The molecule has 0 saturated heterocycles. The van der Waals surface area contributed by atoms with E-state index in [0.717, 1.165) is 31.3 Å². The fourth-order valence-corrected chi connectivity index (χ4v) is 3.12. The summed E-state index contributed by atoms with van der Waals surface area (Å²) in [5.74, 6) is 0. The molecule has 3 N–H and O–H groups in total. The van der Waals surface area contributed by atoms with Crippen LogP contribution in [-0.2, 0) is 0 Å². The molecule has 0 heterocycles. The minimum absolute atomic E-state index is 0.148. The maximum Gasteiger partial charge on any atom is 0.0753 e. The Morgan fingerprint density at radius 1 is 1.33 bits per heavy atom. The van der Waals surface area contributed by atoms with Gasteiger partial charge in [0.05, 0.1) is 6.10 Å². The van der Waals surface area contributed by atoms with Crippen molar-refractivity contribution in [1.29, 1.82) is 0 Å². The number of aliphatic hydroxyl groups is 1. The summed E-state index contributed by atoms with van der Waals surface area (Å²) in [4.78, 5) is 0. The molecule has 0 aromatic carbocycles. The molecule has 0 saturated carbocycles. The first kappa shape index (κ1) is 20.7. The number of nitrogens with two attached hydrogens (primary N) is 1. The van der Waals surface area contributed by atoms with Gasteiger partial charge in [-0.15, -0.1) is 0 Å². The second-order valence-corrected chi connectivity index (χ2v) is 7.53. The molecule has 0 radical (unpaired) electrons. The fourth-order valence-electron chi connectivity index (χ4n) is 3.12. The quantitative estimate of drug-likeness (QED) is 0.628. The van der Waals surface area contributed by atoms with Gasteiger partial charge in [0.15, 0.2) is 0 Å². The molecule has 1 rings (SSSR count). The summed E-state index contributed by atoms with van der Waals surface area (Å²) in [5.41, 5.74) is 10.6. The summed E-state index contributed by atoms with van der Waals surface area (Å²) in [7, 11) is 0. The Labute approximate surface area is 148 Å². The molecular formula is C22H35NO. The lowest BCUT2D eigenvalue weighted by Gasteiger charge is -2.35. The van der Waals surface area contributed by atoms with Crippen LogP contribution in [0.5, 0.6) is 0 Å². The van der Waals surface area contributed by atoms with Crippen LogP contribution < -0.4 is 5.73 Å². The van der Waals surface area contributed by atoms with Crippen LogP contribution in [0, 0.1) is 5.41 Å². The van der Waals surface area contributed by atoms with Crippen LogP contribution in [0.2, 0.25) is 0 Å². The smallest absolute Gasteiger partial charge is 0.0753 e. The first-order valence-electron chi connectivity index (χ1n) is 9.04. The van der Waals surface area contributed by atoms with E-state index in [1.54, 1.807) is 0 Å². The van der Waals surface area contributed by atoms with Crippen LogP contribution in [-0.4, -0.2) is 17.8 Å². The number of hydrogen-bond donors (Lipinski definition) is 2. The lowest BCUT2D eigenvalue weighted by molar-refractivity contribution is 0.163. The van der Waals surface area contributed by atoms with Gasteiger partial charge in [-0.25, -0.2) is 0 Å². The summed E-state index contributed by atoms with van der Waals surface area (Å²) in [6, 6.07) is 0. The fraction of sp³-hybridized carbons (Fsp3) is 0.545. The minimum Gasteiger partial charge on any atom is -0.389 e. The van der Waals surface area contributed by atoms with Crippen molar-refractivity contribution in [3.05, 3.63) is 58.7 Å². The lowest BCUT2D eigenvalue weighted by atomic mass is 9.71. The van der Waals surface area contributed by atoms with E-state index in [0.29, 0.717) is 6.54 Å². The monoisotopic (exact) mass is 329 g/mol. The summed E-state index contributed by atoms with van der Waals surface area (Å²) >= 11 is 0. The molecule has 1 aliphatic carbocycles. The highest BCUT2D eigenvalue weighted by Gasteiger charge is 2.30. The first-order chi connectivity index (χ1) is 11.3. The highest BCUT2D eigenvalue weighted by atomic mass is 16.3. The summed E-state index contributed by atoms with van der Waals surface area (Å²) in [6.07, 6.45) is 16.5. The number of aliphatic hydroxyl groups excluding tert-OH is 1. The van der Waals surface area contributed by atoms with Gasteiger partial charge in [-0.2, -0.15) is 0 Å². The molecule has 2 heteroatoms. The van der Waals surface area contributed by atoms with E-state index in [4.69, 9.17) is 5.73 Å². The highest BCUT2D eigenvalue weighted by molar-refractivity contribution is 5.37. The molecule has 24 heavy (non-hydrogen) atoms. The van der Waals surface area contributed by atoms with Crippen molar-refractivity contribution < 1.29 is 5.11 Å². The zero-order chi connectivity index (χ0) is 18.2. The molecule has 0 aliphatic heterocycles. The molecule has 0 aromatic rings. The average Bonchev–Trinajstić information content (AvgIpc) is 2.51. The molecule has 0 spiro atoms. The topological polar surface area (TPSA) is 46.2 Å². The Balaban J connectivity index is 2.67. The van der Waals surface area contributed by atoms with Crippen LogP contribution in [0.15, 0.2) is 58.7 Å². The van der Waals surface area contributed by atoms with Gasteiger partial charge in [0.25, 0.3) is 0 Å². The second kappa shape index (κ2) is 9.80. The largest absolute Gasteiger partial charge is 0.389 e. The maximum absolute atomic E-state index is 10.1. The van der Waals surface area contributed by atoms with Crippen molar-refractivity contribution in [2.75, 3.05) is 6.54 Å². The summed E-state index contributed by atoms with van der Waals surface area (Å²) < 4.78 is 0. The van der Waals surface area contributed by atoms with E-state index in [1.807, 2.05) is 12.2 Å². The number of rotatable bonds is 7. The van der Waals surface area contributed by atoms with Gasteiger partial charge in [0, 0.05) is 6.54 Å². The molecule has 0 amide bonds. The molecule has 1 unspecified atom stereocenters. The van der Waals surface area contributed by atoms with Gasteiger partial charge in [0.2, 0.25) is 0 Å². The molecule has 134 valence electrons. The predicted octanol–water partition coefficient (Wildman–Crippen LogP) is 5.23. The van der Waals surface area contributed by atoms with Gasteiger partial charge in [-0.1, -0.05) is 61.4 Å². The van der Waals surface area contributed by atoms with E-state index < -0.39 is 0 Å². The molecule has 2 nitrogen and oxygen atoms in total. The van der Waals surface area contributed by atoms with Crippen LogP contribution in [0.1, 0.15) is 60.3 Å². The summed E-state index contributed by atoms with van der Waals surface area (Å²) in [6.45, 7) is 11.5. The van der Waals surface area contributed by atoms with Crippen molar-refractivity contribution in [2.24, 2.45) is 11.1 Å². The maximum atomic E-state index is 10.1. The van der Waals surface area contributed by atoms with Gasteiger partial charge < -0.3 is 10.8 Å². The third-order valence-electron chi connectivity index (χ3n) is 4.87. The van der Waals surface area contributed by atoms with E-state index in [9.17, 15) is 5.11 Å². The summed E-state index contributed by atoms with van der Waals surface area (Å²) in [5, 5.41) is 10.1. The van der Waals surface area contributed by atoms with Gasteiger partial charge in [-0.3, -0.25) is 0 Å².